The normalized spacial score (nSPS) is 26.2. The summed E-state index contributed by atoms with van der Waals surface area (Å²) in [5.74, 6) is 2.13. The molecule has 8 nitrogen and oxygen atoms in total. The molecule has 0 unspecified atom stereocenters. The predicted molar refractivity (Wildman–Crippen MR) is 116 cm³/mol. The summed E-state index contributed by atoms with van der Waals surface area (Å²) in [5, 5.41) is 10.7. The Morgan fingerprint density at radius 2 is 1.81 bits per heavy atom. The van der Waals surface area contributed by atoms with Crippen molar-refractivity contribution in [2.24, 2.45) is 18.9 Å². The van der Waals surface area contributed by atoms with Gasteiger partial charge in [0.1, 0.15) is 17.4 Å². The van der Waals surface area contributed by atoms with E-state index in [2.05, 4.69) is 0 Å². The van der Waals surface area contributed by atoms with Crippen LogP contribution in [0.1, 0.15) is 34.5 Å². The molecular formula is C24H28N2O6. The zero-order valence-corrected chi connectivity index (χ0v) is 18.5. The van der Waals surface area contributed by atoms with Gasteiger partial charge in [0.05, 0.1) is 6.10 Å². The Morgan fingerprint density at radius 3 is 2.59 bits per heavy atom. The van der Waals surface area contributed by atoms with Gasteiger partial charge in [0.15, 0.2) is 11.5 Å². The molecule has 1 aromatic heterocycles. The lowest BCUT2D eigenvalue weighted by molar-refractivity contribution is -0.0232. The number of rotatable bonds is 3. The minimum atomic E-state index is -0.619. The minimum Gasteiger partial charge on any atom is -0.488 e. The maximum atomic E-state index is 13.2. The number of carbonyl (C=O) groups excluding carboxylic acids is 1. The summed E-state index contributed by atoms with van der Waals surface area (Å²) >= 11 is 0. The first-order chi connectivity index (χ1) is 15.3. The lowest BCUT2D eigenvalue weighted by atomic mass is 9.78. The summed E-state index contributed by atoms with van der Waals surface area (Å²) in [6.07, 6.45) is 0.233. The molecule has 32 heavy (non-hydrogen) atoms. The van der Waals surface area contributed by atoms with Gasteiger partial charge in [-0.05, 0) is 62.3 Å². The highest BCUT2D eigenvalue weighted by Gasteiger charge is 2.44. The average molecular weight is 440 g/mol. The van der Waals surface area contributed by atoms with Crippen LogP contribution in [0.2, 0.25) is 0 Å². The quantitative estimate of drug-likeness (QED) is 0.786. The molecular weight excluding hydrogens is 412 g/mol. The topological polar surface area (TPSA) is 90.2 Å². The smallest absolute Gasteiger partial charge is 0.263 e. The Bertz CT molecular complexity index is 1130. The van der Waals surface area contributed by atoms with E-state index in [9.17, 15) is 14.7 Å². The van der Waals surface area contributed by atoms with Gasteiger partial charge in [-0.2, -0.15) is 0 Å². The number of carbonyl (C=O) groups is 1. The summed E-state index contributed by atoms with van der Waals surface area (Å²) in [6, 6.07) is 7.09. The summed E-state index contributed by atoms with van der Waals surface area (Å²) in [5.41, 5.74) is 1.72. The zero-order valence-electron chi connectivity index (χ0n) is 18.5. The van der Waals surface area contributed by atoms with E-state index in [0.29, 0.717) is 43.2 Å². The molecule has 0 spiro atoms. The van der Waals surface area contributed by atoms with Gasteiger partial charge in [-0.1, -0.05) is 0 Å². The molecule has 0 radical (unpaired) electrons. The largest absolute Gasteiger partial charge is 0.488 e. The van der Waals surface area contributed by atoms with E-state index in [4.69, 9.17) is 14.2 Å². The van der Waals surface area contributed by atoms with E-state index in [1.165, 1.54) is 4.57 Å². The molecule has 1 N–H and O–H groups in total. The van der Waals surface area contributed by atoms with E-state index < -0.39 is 6.10 Å². The number of likely N-dealkylation sites (tertiary alicyclic amines) is 1. The number of hydrogen-bond donors (Lipinski definition) is 1. The summed E-state index contributed by atoms with van der Waals surface area (Å²) < 4.78 is 18.4. The number of ether oxygens (including phenoxy) is 3. The molecule has 170 valence electrons. The standard InChI is InChI=1S/C24H28N2O6/c1-13-6-18(23(28)25(3)14(13)2)24(29)26-10-15-7-19(27)21(8-16(15)11-26)32-17-4-5-20-22(9-17)31-12-30-20/h4-6,9,15-16,19,21,27H,7-8,10-12H2,1-3H3/t15-,16+,19+,21+/m0/s1. The van der Waals surface area contributed by atoms with Crippen molar-refractivity contribution in [2.45, 2.75) is 38.9 Å². The van der Waals surface area contributed by atoms with Crippen molar-refractivity contribution < 1.29 is 24.1 Å². The van der Waals surface area contributed by atoms with E-state index in [-0.39, 0.29) is 41.8 Å². The van der Waals surface area contributed by atoms with Crippen LogP contribution in [0, 0.1) is 25.7 Å². The number of nitrogens with zero attached hydrogens (tertiary/aromatic N) is 2. The summed E-state index contributed by atoms with van der Waals surface area (Å²) in [7, 11) is 1.69. The molecule has 1 saturated heterocycles. The number of aryl methyl sites for hydroxylation is 1. The fourth-order valence-corrected chi connectivity index (χ4v) is 5.11. The van der Waals surface area contributed by atoms with Crippen LogP contribution in [0.5, 0.6) is 17.2 Å². The van der Waals surface area contributed by atoms with E-state index in [1.807, 2.05) is 19.9 Å². The fraction of sp³-hybridized carbons (Fsp3) is 0.500. The number of hydrogen-bond acceptors (Lipinski definition) is 6. The SMILES string of the molecule is Cc1cc(C(=O)N2C[C@H]3C[C@@H](Oc4ccc5c(c4)OCO5)[C@H](O)C[C@H]3C2)c(=O)n(C)c1C. The molecule has 1 amide bonds. The second kappa shape index (κ2) is 7.85. The molecule has 3 aliphatic rings. The molecule has 8 heteroatoms. The van der Waals surface area contributed by atoms with Crippen molar-refractivity contribution in [2.75, 3.05) is 19.9 Å². The maximum Gasteiger partial charge on any atom is 0.263 e. The Balaban J connectivity index is 1.29. The van der Waals surface area contributed by atoms with Gasteiger partial charge in [-0.15, -0.1) is 0 Å². The third-order valence-corrected chi connectivity index (χ3v) is 7.20. The van der Waals surface area contributed by atoms with Gasteiger partial charge in [0.2, 0.25) is 6.79 Å². The third kappa shape index (κ3) is 3.52. The van der Waals surface area contributed by atoms with E-state index >= 15 is 0 Å². The summed E-state index contributed by atoms with van der Waals surface area (Å²) in [4.78, 5) is 27.6. The monoisotopic (exact) mass is 440 g/mol. The van der Waals surface area contributed by atoms with Gasteiger partial charge in [0, 0.05) is 31.9 Å². The lowest BCUT2D eigenvalue weighted by Crippen LogP contribution is -2.42. The Morgan fingerprint density at radius 1 is 1.09 bits per heavy atom. The number of aliphatic hydroxyl groups is 1. The van der Waals surface area contributed by atoms with Crippen LogP contribution >= 0.6 is 0 Å². The van der Waals surface area contributed by atoms with Gasteiger partial charge < -0.3 is 28.8 Å². The van der Waals surface area contributed by atoms with Crippen molar-refractivity contribution >= 4 is 5.91 Å². The fourth-order valence-electron chi connectivity index (χ4n) is 5.11. The first-order valence-electron chi connectivity index (χ1n) is 11.0. The van der Waals surface area contributed by atoms with Gasteiger partial charge in [-0.3, -0.25) is 9.59 Å². The van der Waals surface area contributed by atoms with Crippen LogP contribution in [0.25, 0.3) is 0 Å². The van der Waals surface area contributed by atoms with Gasteiger partial charge in [0.25, 0.3) is 11.5 Å². The van der Waals surface area contributed by atoms with Gasteiger partial charge in [-0.25, -0.2) is 0 Å². The Kier molecular flexibility index (Phi) is 5.12. The number of fused-ring (bicyclic) bond motifs is 2. The zero-order chi connectivity index (χ0) is 22.6. The van der Waals surface area contributed by atoms with Crippen LogP contribution in [-0.2, 0) is 7.05 Å². The van der Waals surface area contributed by atoms with Crippen LogP contribution in [0.15, 0.2) is 29.1 Å². The molecule has 4 atom stereocenters. The molecule has 1 saturated carbocycles. The first kappa shape index (κ1) is 20.9. The van der Waals surface area contributed by atoms with Crippen molar-refractivity contribution in [1.82, 2.24) is 9.47 Å². The third-order valence-electron chi connectivity index (χ3n) is 7.20. The molecule has 5 rings (SSSR count). The Hall–Kier alpha value is -3.00. The van der Waals surface area contributed by atoms with Crippen molar-refractivity contribution in [3.63, 3.8) is 0 Å². The average Bonchev–Trinajstić information content (AvgIpc) is 3.40. The second-order valence-corrected chi connectivity index (χ2v) is 9.13. The van der Waals surface area contributed by atoms with Gasteiger partial charge >= 0.3 is 0 Å². The van der Waals surface area contributed by atoms with E-state index in [0.717, 1.165) is 11.3 Å². The maximum absolute atomic E-state index is 13.2. The number of amides is 1. The van der Waals surface area contributed by atoms with Crippen molar-refractivity contribution in [1.29, 1.82) is 0 Å². The molecule has 1 aromatic carbocycles. The van der Waals surface area contributed by atoms with E-state index in [1.54, 1.807) is 30.1 Å². The molecule has 0 bridgehead atoms. The molecule has 2 aliphatic heterocycles. The van der Waals surface area contributed by atoms with Crippen molar-refractivity contribution in [3.05, 3.63) is 51.4 Å². The molecule has 2 aromatic rings. The van der Waals surface area contributed by atoms with Crippen molar-refractivity contribution in [3.8, 4) is 17.2 Å². The molecule has 3 heterocycles. The molecule has 2 fully saturated rings. The van der Waals surface area contributed by atoms with Crippen LogP contribution in [-0.4, -0.2) is 52.6 Å². The molecule has 1 aliphatic carbocycles. The first-order valence-corrected chi connectivity index (χ1v) is 11.0. The number of benzene rings is 1. The highest BCUT2D eigenvalue weighted by atomic mass is 16.7. The number of aliphatic hydroxyl groups excluding tert-OH is 1. The Labute approximate surface area is 186 Å². The number of aromatic nitrogens is 1. The summed E-state index contributed by atoms with van der Waals surface area (Å²) in [6.45, 7) is 5.09. The predicted octanol–water partition coefficient (Wildman–Crippen LogP) is 2.02. The lowest BCUT2D eigenvalue weighted by Gasteiger charge is -2.35. The van der Waals surface area contributed by atoms with Crippen LogP contribution in [0.3, 0.4) is 0 Å². The second-order valence-electron chi connectivity index (χ2n) is 9.13. The number of pyridine rings is 1. The van der Waals surface area contributed by atoms with Crippen LogP contribution < -0.4 is 19.8 Å². The highest BCUT2D eigenvalue weighted by molar-refractivity contribution is 5.94. The highest BCUT2D eigenvalue weighted by Crippen LogP contribution is 2.40. The van der Waals surface area contributed by atoms with Crippen LogP contribution in [0.4, 0.5) is 0 Å². The minimum absolute atomic E-state index is 0.195.